The van der Waals surface area contributed by atoms with Gasteiger partial charge in [-0.1, -0.05) is 12.1 Å². The van der Waals surface area contributed by atoms with Gasteiger partial charge in [0.25, 0.3) is 5.91 Å². The van der Waals surface area contributed by atoms with Gasteiger partial charge in [0, 0.05) is 30.9 Å². The number of hydrogen-bond donors (Lipinski definition) is 2. The fourth-order valence-electron chi connectivity index (χ4n) is 2.29. The standard InChI is InChI=1S/C13H19N3O/c1-9-8-16(10(2)7-15-9)12-6-4-3-5-11(12)13(14)17/h3-6,9-10,15H,7-8H2,1-2H3,(H2,14,17). The molecule has 1 heterocycles. The highest BCUT2D eigenvalue weighted by Crippen LogP contribution is 2.23. The van der Waals surface area contributed by atoms with E-state index in [1.807, 2.05) is 18.2 Å². The number of primary amides is 1. The summed E-state index contributed by atoms with van der Waals surface area (Å²) < 4.78 is 0. The van der Waals surface area contributed by atoms with Crippen molar-refractivity contribution < 1.29 is 4.79 Å². The van der Waals surface area contributed by atoms with E-state index >= 15 is 0 Å². The lowest BCUT2D eigenvalue weighted by Crippen LogP contribution is -2.54. The molecule has 3 N–H and O–H groups in total. The highest BCUT2D eigenvalue weighted by molar-refractivity contribution is 5.98. The number of benzene rings is 1. The highest BCUT2D eigenvalue weighted by atomic mass is 16.1. The second-order valence-electron chi connectivity index (χ2n) is 4.69. The molecule has 1 aromatic carbocycles. The summed E-state index contributed by atoms with van der Waals surface area (Å²) in [4.78, 5) is 13.7. The summed E-state index contributed by atoms with van der Waals surface area (Å²) >= 11 is 0. The minimum Gasteiger partial charge on any atom is -0.366 e. The fourth-order valence-corrected chi connectivity index (χ4v) is 2.29. The molecule has 0 aliphatic carbocycles. The van der Waals surface area contributed by atoms with E-state index < -0.39 is 0 Å². The topological polar surface area (TPSA) is 58.4 Å². The molecule has 0 saturated carbocycles. The number of carbonyl (C=O) groups is 1. The van der Waals surface area contributed by atoms with Crippen LogP contribution in [0.15, 0.2) is 24.3 Å². The fraction of sp³-hybridized carbons (Fsp3) is 0.462. The molecule has 1 aromatic rings. The lowest BCUT2D eigenvalue weighted by atomic mass is 10.1. The van der Waals surface area contributed by atoms with Crippen molar-refractivity contribution in [3.05, 3.63) is 29.8 Å². The Balaban J connectivity index is 2.35. The molecular weight excluding hydrogens is 214 g/mol. The van der Waals surface area contributed by atoms with Gasteiger partial charge in [-0.05, 0) is 26.0 Å². The number of hydrogen-bond acceptors (Lipinski definition) is 3. The Hall–Kier alpha value is -1.55. The number of anilines is 1. The number of piperazine rings is 1. The maximum absolute atomic E-state index is 11.4. The van der Waals surface area contributed by atoms with Gasteiger partial charge in [0.05, 0.1) is 5.56 Å². The maximum Gasteiger partial charge on any atom is 0.250 e. The normalized spacial score (nSPS) is 24.7. The van der Waals surface area contributed by atoms with Crippen LogP contribution in [0.4, 0.5) is 5.69 Å². The van der Waals surface area contributed by atoms with E-state index in [-0.39, 0.29) is 5.91 Å². The predicted octanol–water partition coefficient (Wildman–Crippen LogP) is 0.972. The Morgan fingerprint density at radius 3 is 2.82 bits per heavy atom. The summed E-state index contributed by atoms with van der Waals surface area (Å²) in [5.41, 5.74) is 6.97. The largest absolute Gasteiger partial charge is 0.366 e. The molecule has 1 aliphatic heterocycles. The predicted molar refractivity (Wildman–Crippen MR) is 69.2 cm³/mol. The van der Waals surface area contributed by atoms with Crippen molar-refractivity contribution in [3.8, 4) is 0 Å². The van der Waals surface area contributed by atoms with Crippen molar-refractivity contribution in [2.24, 2.45) is 5.73 Å². The molecule has 17 heavy (non-hydrogen) atoms. The Bertz CT molecular complexity index is 419. The first kappa shape index (κ1) is 11.9. The van der Waals surface area contributed by atoms with Crippen LogP contribution in [-0.4, -0.2) is 31.1 Å². The van der Waals surface area contributed by atoms with E-state index in [0.717, 1.165) is 18.8 Å². The van der Waals surface area contributed by atoms with Crippen molar-refractivity contribution in [1.29, 1.82) is 0 Å². The van der Waals surface area contributed by atoms with Gasteiger partial charge in [-0.2, -0.15) is 0 Å². The molecule has 2 atom stereocenters. The number of nitrogens with two attached hydrogens (primary N) is 1. The average Bonchev–Trinajstić information content (AvgIpc) is 2.32. The van der Waals surface area contributed by atoms with Crippen molar-refractivity contribution in [2.75, 3.05) is 18.0 Å². The molecule has 1 saturated heterocycles. The van der Waals surface area contributed by atoms with Crippen LogP contribution in [0.5, 0.6) is 0 Å². The van der Waals surface area contributed by atoms with Crippen LogP contribution >= 0.6 is 0 Å². The van der Waals surface area contributed by atoms with Crippen LogP contribution in [-0.2, 0) is 0 Å². The van der Waals surface area contributed by atoms with E-state index in [2.05, 4.69) is 24.1 Å². The van der Waals surface area contributed by atoms with E-state index in [0.29, 0.717) is 17.6 Å². The minimum atomic E-state index is -0.362. The van der Waals surface area contributed by atoms with Gasteiger partial charge in [-0.15, -0.1) is 0 Å². The average molecular weight is 233 g/mol. The number of para-hydroxylation sites is 1. The van der Waals surface area contributed by atoms with Crippen molar-refractivity contribution >= 4 is 11.6 Å². The van der Waals surface area contributed by atoms with Crippen LogP contribution < -0.4 is 16.0 Å². The summed E-state index contributed by atoms with van der Waals surface area (Å²) in [5, 5.41) is 3.42. The molecule has 0 spiro atoms. The summed E-state index contributed by atoms with van der Waals surface area (Å²) in [7, 11) is 0. The van der Waals surface area contributed by atoms with Crippen LogP contribution in [0.3, 0.4) is 0 Å². The number of nitrogens with zero attached hydrogens (tertiary/aromatic N) is 1. The molecule has 0 radical (unpaired) electrons. The summed E-state index contributed by atoms with van der Waals surface area (Å²) in [6, 6.07) is 8.34. The second-order valence-corrected chi connectivity index (χ2v) is 4.69. The van der Waals surface area contributed by atoms with Gasteiger partial charge in [-0.3, -0.25) is 4.79 Å². The zero-order chi connectivity index (χ0) is 12.4. The lowest BCUT2D eigenvalue weighted by molar-refractivity contribution is 0.100. The van der Waals surface area contributed by atoms with Gasteiger partial charge < -0.3 is 16.0 Å². The molecule has 92 valence electrons. The van der Waals surface area contributed by atoms with Gasteiger partial charge in [0.15, 0.2) is 0 Å². The molecule has 1 aliphatic rings. The third kappa shape index (κ3) is 2.42. The minimum absolute atomic E-state index is 0.362. The molecule has 0 bridgehead atoms. The van der Waals surface area contributed by atoms with E-state index in [9.17, 15) is 4.79 Å². The van der Waals surface area contributed by atoms with Crippen molar-refractivity contribution in [1.82, 2.24) is 5.32 Å². The Morgan fingerprint density at radius 2 is 2.12 bits per heavy atom. The zero-order valence-electron chi connectivity index (χ0n) is 10.3. The van der Waals surface area contributed by atoms with Crippen LogP contribution in [0.1, 0.15) is 24.2 Å². The number of nitrogens with one attached hydrogen (secondary N) is 1. The van der Waals surface area contributed by atoms with Crippen molar-refractivity contribution in [2.45, 2.75) is 25.9 Å². The number of amides is 1. The number of carbonyl (C=O) groups excluding carboxylic acids is 1. The molecule has 4 nitrogen and oxygen atoms in total. The lowest BCUT2D eigenvalue weighted by Gasteiger charge is -2.39. The highest BCUT2D eigenvalue weighted by Gasteiger charge is 2.25. The zero-order valence-corrected chi connectivity index (χ0v) is 10.3. The van der Waals surface area contributed by atoms with Crippen molar-refractivity contribution in [3.63, 3.8) is 0 Å². The Morgan fingerprint density at radius 1 is 1.41 bits per heavy atom. The Kier molecular flexibility index (Phi) is 3.33. The van der Waals surface area contributed by atoms with Crippen LogP contribution in [0.25, 0.3) is 0 Å². The maximum atomic E-state index is 11.4. The van der Waals surface area contributed by atoms with Crippen LogP contribution in [0, 0.1) is 0 Å². The summed E-state index contributed by atoms with van der Waals surface area (Å²) in [5.74, 6) is -0.362. The number of rotatable bonds is 2. The molecule has 4 heteroatoms. The summed E-state index contributed by atoms with van der Waals surface area (Å²) in [6.07, 6.45) is 0. The van der Waals surface area contributed by atoms with Gasteiger partial charge in [0.2, 0.25) is 0 Å². The molecule has 2 rings (SSSR count). The smallest absolute Gasteiger partial charge is 0.250 e. The Labute approximate surface area is 102 Å². The third-order valence-electron chi connectivity index (χ3n) is 3.24. The van der Waals surface area contributed by atoms with Gasteiger partial charge in [-0.25, -0.2) is 0 Å². The first-order valence-corrected chi connectivity index (χ1v) is 5.98. The first-order valence-electron chi connectivity index (χ1n) is 5.98. The SMILES string of the molecule is CC1CN(c2ccccc2C(N)=O)C(C)CN1. The molecule has 1 amide bonds. The molecule has 2 unspecified atom stereocenters. The van der Waals surface area contributed by atoms with E-state index in [4.69, 9.17) is 5.73 Å². The second kappa shape index (κ2) is 4.75. The quantitative estimate of drug-likeness (QED) is 0.800. The molecular formula is C13H19N3O. The van der Waals surface area contributed by atoms with Gasteiger partial charge >= 0.3 is 0 Å². The van der Waals surface area contributed by atoms with Gasteiger partial charge in [0.1, 0.15) is 0 Å². The summed E-state index contributed by atoms with van der Waals surface area (Å²) in [6.45, 7) is 6.11. The molecule has 0 aromatic heterocycles. The third-order valence-corrected chi connectivity index (χ3v) is 3.24. The monoisotopic (exact) mass is 233 g/mol. The molecule has 1 fully saturated rings. The van der Waals surface area contributed by atoms with E-state index in [1.54, 1.807) is 6.07 Å². The van der Waals surface area contributed by atoms with E-state index in [1.165, 1.54) is 0 Å². The first-order chi connectivity index (χ1) is 8.09. The van der Waals surface area contributed by atoms with Crippen LogP contribution in [0.2, 0.25) is 0 Å².